The molecule has 0 spiro atoms. The molecule has 1 aliphatic heterocycles. The van der Waals surface area contributed by atoms with E-state index in [1.165, 1.54) is 6.07 Å². The third kappa shape index (κ3) is 2.93. The Labute approximate surface area is 156 Å². The number of fused-ring (bicyclic) bond motifs is 1. The van der Waals surface area contributed by atoms with Gasteiger partial charge in [0, 0.05) is 29.0 Å². The predicted molar refractivity (Wildman–Crippen MR) is 104 cm³/mol. The van der Waals surface area contributed by atoms with E-state index in [9.17, 15) is 9.90 Å². The van der Waals surface area contributed by atoms with E-state index in [-0.39, 0.29) is 11.8 Å². The van der Waals surface area contributed by atoms with Crippen LogP contribution < -0.4 is 15.8 Å². The van der Waals surface area contributed by atoms with E-state index in [4.69, 9.17) is 9.15 Å². The number of rotatable bonds is 3. The van der Waals surface area contributed by atoms with Crippen molar-refractivity contribution in [2.45, 2.75) is 26.3 Å². The van der Waals surface area contributed by atoms with Gasteiger partial charge in [-0.1, -0.05) is 12.1 Å². The zero-order valence-corrected chi connectivity index (χ0v) is 15.4. The Morgan fingerprint density at radius 1 is 1.22 bits per heavy atom. The second kappa shape index (κ2) is 6.46. The van der Waals surface area contributed by atoms with E-state index < -0.39 is 5.63 Å². The summed E-state index contributed by atoms with van der Waals surface area (Å²) in [4.78, 5) is 11.7. The molecular formula is C21H20N2O4. The van der Waals surface area contributed by atoms with Gasteiger partial charge in [0.05, 0.1) is 18.9 Å². The number of phenolic OH excluding ortho intramolecular Hbond substituents is 1. The predicted octanol–water partition coefficient (Wildman–Crippen LogP) is 3.56. The van der Waals surface area contributed by atoms with Crippen LogP contribution in [0.3, 0.4) is 0 Å². The number of nitrogens with zero attached hydrogens (tertiary/aromatic N) is 1. The van der Waals surface area contributed by atoms with E-state index in [0.717, 1.165) is 28.0 Å². The number of hydrogen-bond donors (Lipinski definition) is 2. The first-order valence-electron chi connectivity index (χ1n) is 8.71. The lowest BCUT2D eigenvalue weighted by Crippen LogP contribution is -2.10. The maximum absolute atomic E-state index is 11.7. The van der Waals surface area contributed by atoms with Gasteiger partial charge in [-0.15, -0.1) is 0 Å². The molecule has 2 aromatic carbocycles. The van der Waals surface area contributed by atoms with E-state index in [1.807, 2.05) is 37.3 Å². The first-order valence-corrected chi connectivity index (χ1v) is 8.71. The van der Waals surface area contributed by atoms with Crippen molar-refractivity contribution < 1.29 is 14.3 Å². The fourth-order valence-corrected chi connectivity index (χ4v) is 3.46. The summed E-state index contributed by atoms with van der Waals surface area (Å²) in [7, 11) is 1.64. The maximum Gasteiger partial charge on any atom is 0.336 e. The lowest BCUT2D eigenvalue weighted by Gasteiger charge is -2.12. The first kappa shape index (κ1) is 17.1. The Balaban J connectivity index is 1.70. The summed E-state index contributed by atoms with van der Waals surface area (Å²) in [5.74, 6) is 0.893. The third-order valence-corrected chi connectivity index (χ3v) is 5.03. The molecule has 0 radical (unpaired) electrons. The smallest absolute Gasteiger partial charge is 0.336 e. The van der Waals surface area contributed by atoms with Gasteiger partial charge < -0.3 is 19.7 Å². The maximum atomic E-state index is 11.7. The Hall–Kier alpha value is -3.28. The minimum absolute atomic E-state index is 0.0242. The number of aryl methyl sites for hydroxylation is 2. The van der Waals surface area contributed by atoms with Crippen LogP contribution in [-0.2, 0) is 0 Å². The average molecular weight is 364 g/mol. The third-order valence-electron chi connectivity index (χ3n) is 5.03. The normalized spacial score (nSPS) is 16.3. The first-order chi connectivity index (χ1) is 13.0. The molecule has 4 rings (SSSR count). The van der Waals surface area contributed by atoms with Crippen LogP contribution in [0, 0.1) is 13.8 Å². The fourth-order valence-electron chi connectivity index (χ4n) is 3.46. The number of hydrazone groups is 1. The Kier molecular flexibility index (Phi) is 4.11. The number of ether oxygens (including phenoxy) is 1. The van der Waals surface area contributed by atoms with Crippen molar-refractivity contribution in [3.63, 3.8) is 0 Å². The molecule has 1 aliphatic rings. The molecular weight excluding hydrogens is 344 g/mol. The molecule has 1 atom stereocenters. The molecule has 6 heteroatoms. The second-order valence-corrected chi connectivity index (χ2v) is 6.74. The number of benzene rings is 2. The van der Waals surface area contributed by atoms with Crippen LogP contribution in [0.5, 0.6) is 11.5 Å². The van der Waals surface area contributed by atoms with Gasteiger partial charge >= 0.3 is 5.63 Å². The summed E-state index contributed by atoms with van der Waals surface area (Å²) < 4.78 is 10.5. The van der Waals surface area contributed by atoms with Gasteiger partial charge in [0.15, 0.2) is 0 Å². The van der Waals surface area contributed by atoms with E-state index >= 15 is 0 Å². The zero-order valence-electron chi connectivity index (χ0n) is 15.4. The van der Waals surface area contributed by atoms with E-state index in [0.29, 0.717) is 23.1 Å². The van der Waals surface area contributed by atoms with Crippen molar-refractivity contribution in [3.05, 3.63) is 69.1 Å². The van der Waals surface area contributed by atoms with Crippen molar-refractivity contribution in [2.24, 2.45) is 5.10 Å². The Bertz CT molecular complexity index is 1110. The van der Waals surface area contributed by atoms with Gasteiger partial charge in [-0.3, -0.25) is 0 Å². The molecule has 27 heavy (non-hydrogen) atoms. The highest BCUT2D eigenvalue weighted by Crippen LogP contribution is 2.35. The summed E-state index contributed by atoms with van der Waals surface area (Å²) in [5, 5.41) is 15.9. The summed E-state index contributed by atoms with van der Waals surface area (Å²) in [5.41, 5.74) is 7.00. The molecule has 0 saturated heterocycles. The highest BCUT2D eigenvalue weighted by Gasteiger charge is 2.25. The molecule has 3 aromatic rings. The summed E-state index contributed by atoms with van der Waals surface area (Å²) >= 11 is 0. The molecule has 0 amide bonds. The molecule has 0 aliphatic carbocycles. The SMILES string of the molecule is COc1ccc([C@H]2CC(c3cc4c(C)cc(=O)oc4c(C)c3O)=NN2)cc1. The van der Waals surface area contributed by atoms with Crippen molar-refractivity contribution in [1.82, 2.24) is 5.43 Å². The number of phenols is 1. The van der Waals surface area contributed by atoms with Crippen LogP contribution in [0.25, 0.3) is 11.0 Å². The number of methoxy groups -OCH3 is 1. The summed E-state index contributed by atoms with van der Waals surface area (Å²) in [6, 6.07) is 11.1. The van der Waals surface area contributed by atoms with Gasteiger partial charge in [-0.25, -0.2) is 4.79 Å². The summed E-state index contributed by atoms with van der Waals surface area (Å²) in [6.45, 7) is 3.60. The fraction of sp³-hybridized carbons (Fsp3) is 0.238. The number of aromatic hydroxyl groups is 1. The van der Waals surface area contributed by atoms with Gasteiger partial charge in [0.2, 0.25) is 0 Å². The number of hydrogen-bond acceptors (Lipinski definition) is 6. The van der Waals surface area contributed by atoms with E-state index in [1.54, 1.807) is 14.0 Å². The topological polar surface area (TPSA) is 84.1 Å². The molecule has 0 saturated carbocycles. The Morgan fingerprint density at radius 2 is 1.96 bits per heavy atom. The highest BCUT2D eigenvalue weighted by atomic mass is 16.5. The largest absolute Gasteiger partial charge is 0.507 e. The lowest BCUT2D eigenvalue weighted by atomic mass is 9.95. The van der Waals surface area contributed by atoms with Crippen LogP contribution in [0.1, 0.15) is 34.7 Å². The van der Waals surface area contributed by atoms with Gasteiger partial charge in [0.1, 0.15) is 17.1 Å². The highest BCUT2D eigenvalue weighted by molar-refractivity contribution is 6.07. The minimum atomic E-state index is -0.422. The molecule has 138 valence electrons. The summed E-state index contributed by atoms with van der Waals surface area (Å²) in [6.07, 6.45) is 0.640. The Morgan fingerprint density at radius 3 is 2.67 bits per heavy atom. The van der Waals surface area contributed by atoms with Gasteiger partial charge in [0.25, 0.3) is 0 Å². The van der Waals surface area contributed by atoms with Crippen molar-refractivity contribution in [1.29, 1.82) is 0 Å². The lowest BCUT2D eigenvalue weighted by molar-refractivity contribution is 0.414. The zero-order chi connectivity index (χ0) is 19.1. The standard InChI is InChI=1S/C21H20N2O4/c1-11-8-19(24)27-21-12(2)20(25)16(9-15(11)21)18-10-17(22-23-18)13-4-6-14(26-3)7-5-13/h4-9,17,22,25H,10H2,1-3H3/t17-/m1/s1. The van der Waals surface area contributed by atoms with Crippen LogP contribution >= 0.6 is 0 Å². The van der Waals surface area contributed by atoms with Crippen LogP contribution in [-0.4, -0.2) is 17.9 Å². The molecule has 0 unspecified atom stereocenters. The minimum Gasteiger partial charge on any atom is -0.507 e. The van der Waals surface area contributed by atoms with Crippen molar-refractivity contribution >= 4 is 16.7 Å². The molecule has 0 fully saturated rings. The molecule has 2 heterocycles. The molecule has 1 aromatic heterocycles. The van der Waals surface area contributed by atoms with Gasteiger partial charge in [-0.05, 0) is 43.2 Å². The van der Waals surface area contributed by atoms with Crippen molar-refractivity contribution in [2.75, 3.05) is 7.11 Å². The molecule has 2 N–H and O–H groups in total. The van der Waals surface area contributed by atoms with Gasteiger partial charge in [-0.2, -0.15) is 5.10 Å². The van der Waals surface area contributed by atoms with Crippen LogP contribution in [0.4, 0.5) is 0 Å². The van der Waals surface area contributed by atoms with E-state index in [2.05, 4.69) is 10.5 Å². The average Bonchev–Trinajstić information content (AvgIpc) is 3.15. The number of nitrogens with one attached hydrogen (secondary N) is 1. The quantitative estimate of drug-likeness (QED) is 0.694. The van der Waals surface area contributed by atoms with Crippen molar-refractivity contribution in [3.8, 4) is 11.5 Å². The van der Waals surface area contributed by atoms with Crippen LogP contribution in [0.15, 0.2) is 50.7 Å². The monoisotopic (exact) mass is 364 g/mol. The second-order valence-electron chi connectivity index (χ2n) is 6.74. The van der Waals surface area contributed by atoms with Crippen LogP contribution in [0.2, 0.25) is 0 Å². The molecule has 0 bridgehead atoms. The molecule has 6 nitrogen and oxygen atoms in total.